The zero-order valence-corrected chi connectivity index (χ0v) is 12.2. The molecule has 0 atom stereocenters. The highest BCUT2D eigenvalue weighted by Gasteiger charge is 2.31. The summed E-state index contributed by atoms with van der Waals surface area (Å²) in [6.07, 6.45) is 5.55. The third-order valence-corrected chi connectivity index (χ3v) is 6.84. The Morgan fingerprint density at radius 3 is 1.83 bits per heavy atom. The van der Waals surface area contributed by atoms with Crippen LogP contribution in [-0.4, -0.2) is 35.5 Å². The lowest BCUT2D eigenvalue weighted by Gasteiger charge is -2.35. The Bertz CT molecular complexity index is 379. The van der Waals surface area contributed by atoms with Crippen LogP contribution in [0.1, 0.15) is 31.2 Å². The van der Waals surface area contributed by atoms with Crippen molar-refractivity contribution in [1.29, 1.82) is 0 Å². The van der Waals surface area contributed by atoms with Crippen LogP contribution in [0.5, 0.6) is 0 Å². The molecular weight excluding hydrogens is 239 g/mol. The van der Waals surface area contributed by atoms with Crippen LogP contribution < -0.4 is 5.30 Å². The molecule has 0 amide bonds. The van der Waals surface area contributed by atoms with Gasteiger partial charge in [-0.3, -0.25) is 9.34 Å². The molecule has 2 fully saturated rings. The normalized spacial score (nSPS) is 22.1. The van der Waals surface area contributed by atoms with Gasteiger partial charge in [-0.2, -0.15) is 0 Å². The van der Waals surface area contributed by atoms with Crippen molar-refractivity contribution in [2.45, 2.75) is 32.6 Å². The minimum absolute atomic E-state index is 0.212. The minimum Gasteiger partial charge on any atom is -0.266 e. The molecule has 0 radical (unpaired) electrons. The Kier molecular flexibility index (Phi) is 3.98. The number of benzene rings is 1. The average Bonchev–Trinajstić information content (AvgIpc) is 3.05. The first-order chi connectivity index (χ1) is 8.86. The zero-order valence-electron chi connectivity index (χ0n) is 11.3. The summed E-state index contributed by atoms with van der Waals surface area (Å²) in [7, 11) is -0.212. The van der Waals surface area contributed by atoms with Gasteiger partial charge in [0.25, 0.3) is 0 Å². The first-order valence-corrected chi connectivity index (χ1v) is 8.46. The van der Waals surface area contributed by atoms with Crippen LogP contribution in [0.2, 0.25) is 0 Å². The standard InChI is InChI=1S/C15H23N2P/c1-14-8-2-3-9-15(14)18(16-10-4-5-11-16)17-12-6-7-13-17/h2-3,8-9H,4-7,10-13H2,1H3. The third-order valence-electron chi connectivity index (χ3n) is 4.03. The van der Waals surface area contributed by atoms with E-state index in [4.69, 9.17) is 0 Å². The van der Waals surface area contributed by atoms with Crippen molar-refractivity contribution in [1.82, 2.24) is 9.34 Å². The fourth-order valence-electron chi connectivity index (χ4n) is 3.05. The van der Waals surface area contributed by atoms with E-state index in [9.17, 15) is 0 Å². The number of hydrogen-bond acceptors (Lipinski definition) is 2. The molecule has 2 nitrogen and oxygen atoms in total. The van der Waals surface area contributed by atoms with E-state index in [1.165, 1.54) is 57.4 Å². The van der Waals surface area contributed by atoms with Gasteiger partial charge in [-0.25, -0.2) is 0 Å². The number of rotatable bonds is 3. The molecule has 0 unspecified atom stereocenters. The van der Waals surface area contributed by atoms with Gasteiger partial charge in [0, 0.05) is 31.5 Å². The van der Waals surface area contributed by atoms with Crippen molar-refractivity contribution in [3.8, 4) is 0 Å². The van der Waals surface area contributed by atoms with Crippen LogP contribution in [0.4, 0.5) is 0 Å². The lowest BCUT2D eigenvalue weighted by Crippen LogP contribution is -2.31. The van der Waals surface area contributed by atoms with Gasteiger partial charge in [0.05, 0.1) is 8.22 Å². The maximum absolute atomic E-state index is 2.75. The van der Waals surface area contributed by atoms with Crippen molar-refractivity contribution in [2.75, 3.05) is 26.2 Å². The summed E-state index contributed by atoms with van der Waals surface area (Å²) in [5.74, 6) is 0. The van der Waals surface area contributed by atoms with Gasteiger partial charge < -0.3 is 0 Å². The molecule has 98 valence electrons. The van der Waals surface area contributed by atoms with Crippen LogP contribution in [0, 0.1) is 6.92 Å². The van der Waals surface area contributed by atoms with Crippen LogP contribution in [0.3, 0.4) is 0 Å². The Hall–Kier alpha value is -0.430. The number of aryl methyl sites for hydroxylation is 1. The first kappa shape index (κ1) is 12.6. The van der Waals surface area contributed by atoms with Crippen molar-refractivity contribution < 1.29 is 0 Å². The molecule has 1 aromatic rings. The van der Waals surface area contributed by atoms with E-state index >= 15 is 0 Å². The van der Waals surface area contributed by atoms with E-state index in [-0.39, 0.29) is 8.22 Å². The third kappa shape index (κ3) is 2.47. The predicted octanol–water partition coefficient (Wildman–Crippen LogP) is 3.12. The summed E-state index contributed by atoms with van der Waals surface area (Å²) in [4.78, 5) is 0. The molecule has 2 aliphatic rings. The molecule has 0 N–H and O–H groups in total. The molecule has 2 saturated heterocycles. The summed E-state index contributed by atoms with van der Waals surface area (Å²) in [6.45, 7) is 7.48. The molecule has 0 aromatic heterocycles. The van der Waals surface area contributed by atoms with E-state index in [2.05, 4.69) is 40.5 Å². The summed E-state index contributed by atoms with van der Waals surface area (Å²) in [5.41, 5.74) is 1.47. The van der Waals surface area contributed by atoms with Gasteiger partial charge in [-0.15, -0.1) is 0 Å². The van der Waals surface area contributed by atoms with Crippen LogP contribution in [0.25, 0.3) is 0 Å². The molecule has 1 aromatic carbocycles. The SMILES string of the molecule is Cc1ccccc1P(N1CCCC1)N1CCCC1. The maximum atomic E-state index is 2.75. The van der Waals surface area contributed by atoms with E-state index < -0.39 is 0 Å². The smallest absolute Gasteiger partial charge is 0.0727 e. The molecule has 3 rings (SSSR count). The molecule has 0 aliphatic carbocycles. The first-order valence-electron chi connectivity index (χ1n) is 7.22. The van der Waals surface area contributed by atoms with Gasteiger partial charge in [0.2, 0.25) is 0 Å². The summed E-state index contributed by atoms with van der Waals surface area (Å²) < 4.78 is 5.51. The summed E-state index contributed by atoms with van der Waals surface area (Å²) in [5, 5.41) is 1.59. The minimum atomic E-state index is -0.212. The molecule has 18 heavy (non-hydrogen) atoms. The Morgan fingerprint density at radius 2 is 1.33 bits per heavy atom. The fraction of sp³-hybridized carbons (Fsp3) is 0.600. The van der Waals surface area contributed by atoms with Crippen molar-refractivity contribution in [3.05, 3.63) is 29.8 Å². The van der Waals surface area contributed by atoms with Crippen molar-refractivity contribution >= 4 is 13.5 Å². The second kappa shape index (κ2) is 5.69. The summed E-state index contributed by atoms with van der Waals surface area (Å²) >= 11 is 0. The molecule has 3 heteroatoms. The lowest BCUT2D eigenvalue weighted by atomic mass is 10.2. The highest BCUT2D eigenvalue weighted by atomic mass is 31.1. The second-order valence-corrected chi connectivity index (χ2v) is 7.59. The highest BCUT2D eigenvalue weighted by molar-refractivity contribution is 7.61. The molecule has 2 aliphatic heterocycles. The molecule has 0 saturated carbocycles. The number of hydrogen-bond donors (Lipinski definition) is 0. The zero-order chi connectivity index (χ0) is 12.4. The Balaban J connectivity index is 1.90. The maximum Gasteiger partial charge on any atom is 0.0727 e. The molecular formula is C15H23N2P. The second-order valence-electron chi connectivity index (χ2n) is 5.40. The van der Waals surface area contributed by atoms with Gasteiger partial charge in [-0.1, -0.05) is 24.3 Å². The van der Waals surface area contributed by atoms with Crippen molar-refractivity contribution in [2.24, 2.45) is 0 Å². The summed E-state index contributed by atoms with van der Waals surface area (Å²) in [6, 6.07) is 9.01. The molecule has 0 spiro atoms. The van der Waals surface area contributed by atoms with Crippen molar-refractivity contribution in [3.63, 3.8) is 0 Å². The number of nitrogens with zero attached hydrogens (tertiary/aromatic N) is 2. The average molecular weight is 262 g/mol. The molecule has 0 bridgehead atoms. The fourth-order valence-corrected chi connectivity index (χ4v) is 5.95. The van der Waals surface area contributed by atoms with E-state index in [0.29, 0.717) is 0 Å². The van der Waals surface area contributed by atoms with E-state index in [1.807, 2.05) is 0 Å². The van der Waals surface area contributed by atoms with Crippen LogP contribution >= 0.6 is 8.22 Å². The highest BCUT2D eigenvalue weighted by Crippen LogP contribution is 2.47. The topological polar surface area (TPSA) is 6.48 Å². The van der Waals surface area contributed by atoms with Gasteiger partial charge >= 0.3 is 0 Å². The van der Waals surface area contributed by atoms with E-state index in [0.717, 1.165) is 0 Å². The lowest BCUT2D eigenvalue weighted by molar-refractivity contribution is 0.482. The van der Waals surface area contributed by atoms with Gasteiger partial charge in [0.1, 0.15) is 0 Å². The van der Waals surface area contributed by atoms with Crippen LogP contribution in [0.15, 0.2) is 24.3 Å². The largest absolute Gasteiger partial charge is 0.266 e. The predicted molar refractivity (Wildman–Crippen MR) is 79.3 cm³/mol. The Labute approximate surface area is 112 Å². The van der Waals surface area contributed by atoms with Gasteiger partial charge in [0.15, 0.2) is 0 Å². The van der Waals surface area contributed by atoms with Crippen LogP contribution in [-0.2, 0) is 0 Å². The van der Waals surface area contributed by atoms with E-state index in [1.54, 1.807) is 5.30 Å². The molecule has 2 heterocycles. The quantitative estimate of drug-likeness (QED) is 0.772. The Morgan fingerprint density at radius 1 is 0.833 bits per heavy atom. The monoisotopic (exact) mass is 262 g/mol. The van der Waals surface area contributed by atoms with Gasteiger partial charge in [-0.05, 0) is 38.2 Å².